The zero-order valence-electron chi connectivity index (χ0n) is 10.1. The van der Waals surface area contributed by atoms with Crippen LogP contribution in [0.15, 0.2) is 30.5 Å². The Hall–Kier alpha value is -1.20. The molecule has 2 aromatic rings. The molecular formula is C13H13ClF3NO. The van der Waals surface area contributed by atoms with Gasteiger partial charge in [0.25, 0.3) is 0 Å². The second kappa shape index (κ2) is 5.84. The minimum absolute atomic E-state index is 0.0831. The maximum Gasteiger partial charge on any atom is 0.411 e. The molecule has 6 heteroatoms. The molecule has 0 fully saturated rings. The minimum Gasteiger partial charge on any atom is -0.372 e. The lowest BCUT2D eigenvalue weighted by atomic mass is 10.2. The lowest BCUT2D eigenvalue weighted by Crippen LogP contribution is -2.17. The summed E-state index contributed by atoms with van der Waals surface area (Å²) in [6, 6.07) is 7.50. The van der Waals surface area contributed by atoms with Crippen LogP contribution in [0, 0.1) is 0 Å². The van der Waals surface area contributed by atoms with E-state index in [2.05, 4.69) is 4.74 Å². The summed E-state index contributed by atoms with van der Waals surface area (Å²) in [6.45, 7) is -0.507. The molecule has 1 aromatic carbocycles. The van der Waals surface area contributed by atoms with E-state index in [1.807, 2.05) is 29.0 Å². The third kappa shape index (κ3) is 4.14. The third-order valence-corrected chi connectivity index (χ3v) is 2.92. The topological polar surface area (TPSA) is 14.2 Å². The van der Waals surface area contributed by atoms with Crippen LogP contribution >= 0.6 is 11.6 Å². The van der Waals surface area contributed by atoms with Crippen molar-refractivity contribution in [2.24, 2.45) is 0 Å². The zero-order chi connectivity index (χ0) is 13.9. The molecule has 0 aliphatic rings. The molecule has 2 rings (SSSR count). The van der Waals surface area contributed by atoms with E-state index in [-0.39, 0.29) is 6.61 Å². The molecule has 1 heterocycles. The first-order chi connectivity index (χ1) is 8.96. The molecule has 0 aliphatic heterocycles. The van der Waals surface area contributed by atoms with Gasteiger partial charge < -0.3 is 9.30 Å². The van der Waals surface area contributed by atoms with Crippen LogP contribution in [-0.4, -0.2) is 24.0 Å². The molecule has 19 heavy (non-hydrogen) atoms. The maximum atomic E-state index is 11.9. The summed E-state index contributed by atoms with van der Waals surface area (Å²) in [7, 11) is 0. The standard InChI is InChI=1S/C13H13ClF3NO/c14-11-3-2-10-4-6-18(12(10)8-11)5-1-7-19-9-13(15,16)17/h2-4,6,8H,1,5,7,9H2. The van der Waals surface area contributed by atoms with Gasteiger partial charge in [-0.05, 0) is 30.0 Å². The first kappa shape index (κ1) is 14.2. The number of rotatable bonds is 5. The highest BCUT2D eigenvalue weighted by Gasteiger charge is 2.27. The van der Waals surface area contributed by atoms with Crippen molar-refractivity contribution >= 4 is 22.5 Å². The van der Waals surface area contributed by atoms with Crippen LogP contribution in [0.5, 0.6) is 0 Å². The van der Waals surface area contributed by atoms with Gasteiger partial charge in [-0.2, -0.15) is 13.2 Å². The van der Waals surface area contributed by atoms with Crippen LogP contribution in [0.1, 0.15) is 6.42 Å². The molecular weight excluding hydrogens is 279 g/mol. The fraction of sp³-hybridized carbons (Fsp3) is 0.385. The minimum atomic E-state index is -4.26. The smallest absolute Gasteiger partial charge is 0.372 e. The molecule has 0 N–H and O–H groups in total. The van der Waals surface area contributed by atoms with E-state index in [9.17, 15) is 13.2 Å². The maximum absolute atomic E-state index is 11.9. The lowest BCUT2D eigenvalue weighted by molar-refractivity contribution is -0.174. The van der Waals surface area contributed by atoms with E-state index in [1.165, 1.54) is 0 Å². The number of halogens is 4. The summed E-state index contributed by atoms with van der Waals surface area (Å²) in [5, 5.41) is 1.70. The molecule has 2 nitrogen and oxygen atoms in total. The summed E-state index contributed by atoms with van der Waals surface area (Å²) in [5.74, 6) is 0. The second-order valence-electron chi connectivity index (χ2n) is 4.23. The summed E-state index contributed by atoms with van der Waals surface area (Å²) in [6.07, 6.45) is -1.84. The molecule has 0 saturated heterocycles. The molecule has 0 bridgehead atoms. The summed E-state index contributed by atoms with van der Waals surface area (Å²) in [4.78, 5) is 0. The normalized spacial score (nSPS) is 12.2. The lowest BCUT2D eigenvalue weighted by Gasteiger charge is -2.08. The summed E-state index contributed by atoms with van der Waals surface area (Å²) in [5.41, 5.74) is 0.975. The Kier molecular flexibility index (Phi) is 4.37. The van der Waals surface area contributed by atoms with Gasteiger partial charge >= 0.3 is 6.18 Å². The van der Waals surface area contributed by atoms with Crippen molar-refractivity contribution in [3.05, 3.63) is 35.5 Å². The highest BCUT2D eigenvalue weighted by atomic mass is 35.5. The number of hydrogen-bond donors (Lipinski definition) is 0. The van der Waals surface area contributed by atoms with Crippen molar-refractivity contribution in [3.63, 3.8) is 0 Å². The van der Waals surface area contributed by atoms with Gasteiger partial charge in [0.2, 0.25) is 0 Å². The third-order valence-electron chi connectivity index (χ3n) is 2.69. The Morgan fingerprint density at radius 2 is 2.00 bits per heavy atom. The summed E-state index contributed by atoms with van der Waals surface area (Å²) >= 11 is 5.92. The molecule has 0 saturated carbocycles. The Morgan fingerprint density at radius 3 is 2.74 bits per heavy atom. The zero-order valence-corrected chi connectivity index (χ0v) is 10.8. The molecule has 1 aromatic heterocycles. The first-order valence-electron chi connectivity index (χ1n) is 5.84. The quantitative estimate of drug-likeness (QED) is 0.751. The van der Waals surface area contributed by atoms with Gasteiger partial charge in [-0.25, -0.2) is 0 Å². The van der Waals surface area contributed by atoms with E-state index < -0.39 is 12.8 Å². The van der Waals surface area contributed by atoms with E-state index in [0.717, 1.165) is 10.9 Å². The molecule has 0 aliphatic carbocycles. The molecule has 0 atom stereocenters. The van der Waals surface area contributed by atoms with Gasteiger partial charge in [0, 0.05) is 29.9 Å². The van der Waals surface area contributed by atoms with Crippen LogP contribution in [-0.2, 0) is 11.3 Å². The van der Waals surface area contributed by atoms with Crippen LogP contribution in [0.2, 0.25) is 5.02 Å². The van der Waals surface area contributed by atoms with Crippen LogP contribution in [0.3, 0.4) is 0 Å². The Balaban J connectivity index is 1.86. The van der Waals surface area contributed by atoms with Crippen molar-refractivity contribution in [1.82, 2.24) is 4.57 Å². The number of fused-ring (bicyclic) bond motifs is 1. The summed E-state index contributed by atoms with van der Waals surface area (Å²) < 4.78 is 42.1. The fourth-order valence-corrected chi connectivity index (χ4v) is 2.04. The van der Waals surface area contributed by atoms with Crippen molar-refractivity contribution in [1.29, 1.82) is 0 Å². The predicted octanol–water partition coefficient (Wildman–Crippen LogP) is 4.26. The average molecular weight is 292 g/mol. The van der Waals surface area contributed by atoms with Crippen LogP contribution < -0.4 is 0 Å². The predicted molar refractivity (Wildman–Crippen MR) is 68.4 cm³/mol. The molecule has 0 amide bonds. The van der Waals surface area contributed by atoms with Crippen molar-refractivity contribution in [3.8, 4) is 0 Å². The highest BCUT2D eigenvalue weighted by Crippen LogP contribution is 2.21. The molecule has 0 radical (unpaired) electrons. The first-order valence-corrected chi connectivity index (χ1v) is 6.22. The number of aromatic nitrogens is 1. The van der Waals surface area contributed by atoms with E-state index >= 15 is 0 Å². The molecule has 0 unspecified atom stereocenters. The number of nitrogens with zero attached hydrogens (tertiary/aromatic N) is 1. The number of hydrogen-bond acceptors (Lipinski definition) is 1. The van der Waals surface area contributed by atoms with Crippen LogP contribution in [0.4, 0.5) is 13.2 Å². The fourth-order valence-electron chi connectivity index (χ4n) is 1.88. The molecule has 104 valence electrons. The number of alkyl halides is 3. The Morgan fingerprint density at radius 1 is 1.21 bits per heavy atom. The average Bonchev–Trinajstić information content (AvgIpc) is 2.70. The number of benzene rings is 1. The van der Waals surface area contributed by atoms with Gasteiger partial charge in [0.15, 0.2) is 0 Å². The van der Waals surface area contributed by atoms with Gasteiger partial charge in [0.05, 0.1) is 0 Å². The van der Waals surface area contributed by atoms with Crippen LogP contribution in [0.25, 0.3) is 10.9 Å². The highest BCUT2D eigenvalue weighted by molar-refractivity contribution is 6.31. The monoisotopic (exact) mass is 291 g/mol. The van der Waals surface area contributed by atoms with Gasteiger partial charge in [-0.1, -0.05) is 17.7 Å². The second-order valence-corrected chi connectivity index (χ2v) is 4.67. The van der Waals surface area contributed by atoms with Gasteiger partial charge in [-0.3, -0.25) is 0 Å². The van der Waals surface area contributed by atoms with Crippen molar-refractivity contribution < 1.29 is 17.9 Å². The van der Waals surface area contributed by atoms with Gasteiger partial charge in [-0.15, -0.1) is 0 Å². The Bertz CT molecular complexity index is 550. The van der Waals surface area contributed by atoms with Crippen molar-refractivity contribution in [2.75, 3.05) is 13.2 Å². The van der Waals surface area contributed by atoms with E-state index in [1.54, 1.807) is 6.07 Å². The number of ether oxygens (including phenoxy) is 1. The SMILES string of the molecule is FC(F)(F)COCCCn1ccc2ccc(Cl)cc21. The van der Waals surface area contributed by atoms with E-state index in [0.29, 0.717) is 18.0 Å². The van der Waals surface area contributed by atoms with Gasteiger partial charge in [0.1, 0.15) is 6.61 Å². The van der Waals surface area contributed by atoms with E-state index in [4.69, 9.17) is 11.6 Å². The largest absolute Gasteiger partial charge is 0.411 e. The number of aryl methyl sites for hydroxylation is 1. The molecule has 0 spiro atoms. The Labute approximate surface area is 113 Å². The van der Waals surface area contributed by atoms with Crippen molar-refractivity contribution in [2.45, 2.75) is 19.1 Å².